The molecule has 0 spiro atoms. The minimum absolute atomic E-state index is 0.0231. The Morgan fingerprint density at radius 3 is 2.69 bits per heavy atom. The van der Waals surface area contributed by atoms with Gasteiger partial charge in [0.25, 0.3) is 0 Å². The third kappa shape index (κ3) is 1.99. The highest BCUT2D eigenvalue weighted by molar-refractivity contribution is 5.94. The fourth-order valence-corrected chi connectivity index (χ4v) is 1.87. The summed E-state index contributed by atoms with van der Waals surface area (Å²) in [5.74, 6) is -0.316. The van der Waals surface area contributed by atoms with Gasteiger partial charge < -0.3 is 9.84 Å². The van der Waals surface area contributed by atoms with E-state index in [0.717, 1.165) is 5.56 Å². The maximum absolute atomic E-state index is 11.3. The van der Waals surface area contributed by atoms with Gasteiger partial charge in [-0.2, -0.15) is 0 Å². The lowest BCUT2D eigenvalue weighted by Gasteiger charge is -2.29. The van der Waals surface area contributed by atoms with Crippen LogP contribution in [0.2, 0.25) is 0 Å². The molecule has 1 N–H and O–H groups in total. The summed E-state index contributed by atoms with van der Waals surface area (Å²) in [5.41, 5.74) is 1.05. The van der Waals surface area contributed by atoms with Crippen molar-refractivity contribution in [2.45, 2.75) is 25.0 Å². The zero-order chi connectivity index (χ0) is 11.5. The molecule has 0 saturated carbocycles. The molecule has 3 unspecified atom stereocenters. The number of ether oxygens (including phenoxy) is 1. The highest BCUT2D eigenvalue weighted by Crippen LogP contribution is 2.26. The van der Waals surface area contributed by atoms with Crippen molar-refractivity contribution >= 4 is 5.78 Å². The van der Waals surface area contributed by atoms with Crippen molar-refractivity contribution in [3.63, 3.8) is 0 Å². The number of aliphatic hydroxyl groups excluding tert-OH is 1. The van der Waals surface area contributed by atoms with Gasteiger partial charge in [0.2, 0.25) is 0 Å². The lowest BCUT2D eigenvalue weighted by atomic mass is 9.89. The Morgan fingerprint density at radius 1 is 1.31 bits per heavy atom. The van der Waals surface area contributed by atoms with E-state index in [1.165, 1.54) is 12.3 Å². The van der Waals surface area contributed by atoms with Crippen molar-refractivity contribution in [1.29, 1.82) is 0 Å². The first-order valence-corrected chi connectivity index (χ1v) is 5.29. The first-order valence-electron chi connectivity index (χ1n) is 5.29. The smallest absolute Gasteiger partial charge is 0.190 e. The summed E-state index contributed by atoms with van der Waals surface area (Å²) < 4.78 is 5.33. The Hall–Kier alpha value is -1.61. The molecule has 0 aliphatic carbocycles. The van der Waals surface area contributed by atoms with E-state index in [9.17, 15) is 9.90 Å². The molecule has 84 valence electrons. The minimum atomic E-state index is -1.07. The van der Waals surface area contributed by atoms with Crippen molar-refractivity contribution in [3.8, 4) is 0 Å². The van der Waals surface area contributed by atoms with E-state index < -0.39 is 12.2 Å². The van der Waals surface area contributed by atoms with E-state index in [4.69, 9.17) is 4.74 Å². The lowest BCUT2D eigenvalue weighted by molar-refractivity contribution is -0.131. The van der Waals surface area contributed by atoms with Gasteiger partial charge in [-0.3, -0.25) is 4.79 Å². The number of carbonyl (C=O) groups excluding carboxylic acids is 1. The minimum Gasteiger partial charge on any atom is -0.494 e. The number of hydrogen-bond donors (Lipinski definition) is 1. The summed E-state index contributed by atoms with van der Waals surface area (Å²) in [6.45, 7) is 1.94. The monoisotopic (exact) mass is 218 g/mol. The standard InChI is InChI=1S/C13H14O3/c1-9(10-5-3-2-4-6-10)13-12(15)11(14)7-8-16-13/h2-9,12-13,15H,1H3. The summed E-state index contributed by atoms with van der Waals surface area (Å²) in [7, 11) is 0. The topological polar surface area (TPSA) is 46.5 Å². The number of ketones is 1. The van der Waals surface area contributed by atoms with Crippen molar-refractivity contribution < 1.29 is 14.6 Å². The molecular formula is C13H14O3. The van der Waals surface area contributed by atoms with Crippen LogP contribution >= 0.6 is 0 Å². The molecule has 1 heterocycles. The highest BCUT2D eigenvalue weighted by atomic mass is 16.5. The van der Waals surface area contributed by atoms with Crippen molar-refractivity contribution in [2.24, 2.45) is 0 Å². The molecular weight excluding hydrogens is 204 g/mol. The Morgan fingerprint density at radius 2 is 2.00 bits per heavy atom. The van der Waals surface area contributed by atoms with Gasteiger partial charge in [-0.05, 0) is 5.56 Å². The maximum atomic E-state index is 11.3. The van der Waals surface area contributed by atoms with E-state index in [1.807, 2.05) is 37.3 Å². The first-order chi connectivity index (χ1) is 7.70. The van der Waals surface area contributed by atoms with Gasteiger partial charge in [-0.15, -0.1) is 0 Å². The molecule has 3 heteroatoms. The molecule has 0 saturated heterocycles. The number of rotatable bonds is 2. The van der Waals surface area contributed by atoms with Crippen LogP contribution in [0.4, 0.5) is 0 Å². The lowest BCUT2D eigenvalue weighted by Crippen LogP contribution is -2.40. The first kappa shape index (κ1) is 10.9. The van der Waals surface area contributed by atoms with Crippen LogP contribution in [0, 0.1) is 0 Å². The molecule has 16 heavy (non-hydrogen) atoms. The average Bonchev–Trinajstić information content (AvgIpc) is 2.33. The largest absolute Gasteiger partial charge is 0.494 e. The van der Waals surface area contributed by atoms with Crippen LogP contribution in [0.25, 0.3) is 0 Å². The van der Waals surface area contributed by atoms with Crippen LogP contribution < -0.4 is 0 Å². The van der Waals surface area contributed by atoms with E-state index >= 15 is 0 Å². The number of hydrogen-bond acceptors (Lipinski definition) is 3. The normalized spacial score (nSPS) is 26.2. The summed E-state index contributed by atoms with van der Waals surface area (Å²) in [5, 5.41) is 9.74. The second-order valence-corrected chi connectivity index (χ2v) is 3.95. The van der Waals surface area contributed by atoms with Gasteiger partial charge in [0.1, 0.15) is 6.10 Å². The molecule has 1 aromatic carbocycles. The quantitative estimate of drug-likeness (QED) is 0.820. The van der Waals surface area contributed by atoms with Gasteiger partial charge in [0, 0.05) is 12.0 Å². The molecule has 1 aliphatic heterocycles. The van der Waals surface area contributed by atoms with Gasteiger partial charge in [-0.25, -0.2) is 0 Å². The SMILES string of the molecule is CC(c1ccccc1)C1OC=CC(=O)C1O. The van der Waals surface area contributed by atoms with E-state index in [-0.39, 0.29) is 11.7 Å². The van der Waals surface area contributed by atoms with Crippen LogP contribution in [0.5, 0.6) is 0 Å². The second-order valence-electron chi connectivity index (χ2n) is 3.95. The molecule has 0 amide bonds. The number of aliphatic hydroxyl groups is 1. The van der Waals surface area contributed by atoms with Crippen molar-refractivity contribution in [1.82, 2.24) is 0 Å². The van der Waals surface area contributed by atoms with Gasteiger partial charge >= 0.3 is 0 Å². The zero-order valence-corrected chi connectivity index (χ0v) is 9.04. The van der Waals surface area contributed by atoms with E-state index in [2.05, 4.69) is 0 Å². The van der Waals surface area contributed by atoms with Crippen molar-refractivity contribution in [2.75, 3.05) is 0 Å². The third-order valence-corrected chi connectivity index (χ3v) is 2.89. The predicted octanol–water partition coefficient (Wildman–Crippen LogP) is 1.63. The van der Waals surface area contributed by atoms with Crippen LogP contribution in [-0.2, 0) is 9.53 Å². The Labute approximate surface area is 94.4 Å². The molecule has 0 radical (unpaired) electrons. The van der Waals surface area contributed by atoms with Gasteiger partial charge in [0.05, 0.1) is 6.26 Å². The Bertz CT molecular complexity index is 397. The summed E-state index contributed by atoms with van der Waals surface area (Å²) in [4.78, 5) is 11.3. The molecule has 1 aromatic rings. The van der Waals surface area contributed by atoms with Crippen LogP contribution in [-0.4, -0.2) is 23.1 Å². The molecule has 2 rings (SSSR count). The zero-order valence-electron chi connectivity index (χ0n) is 9.04. The molecule has 3 nitrogen and oxygen atoms in total. The Kier molecular flexibility index (Phi) is 3.06. The summed E-state index contributed by atoms with van der Waals surface area (Å²) >= 11 is 0. The Balaban J connectivity index is 2.19. The van der Waals surface area contributed by atoms with Crippen LogP contribution in [0.3, 0.4) is 0 Å². The highest BCUT2D eigenvalue weighted by Gasteiger charge is 2.33. The maximum Gasteiger partial charge on any atom is 0.190 e. The van der Waals surface area contributed by atoms with E-state index in [1.54, 1.807) is 0 Å². The molecule has 0 fully saturated rings. The van der Waals surface area contributed by atoms with Crippen LogP contribution in [0.15, 0.2) is 42.7 Å². The fourth-order valence-electron chi connectivity index (χ4n) is 1.87. The van der Waals surface area contributed by atoms with Gasteiger partial charge in [0.15, 0.2) is 11.9 Å². The van der Waals surface area contributed by atoms with Crippen LogP contribution in [0.1, 0.15) is 18.4 Å². The third-order valence-electron chi connectivity index (χ3n) is 2.89. The number of carbonyl (C=O) groups is 1. The molecule has 3 atom stereocenters. The molecule has 0 aromatic heterocycles. The van der Waals surface area contributed by atoms with Crippen molar-refractivity contribution in [3.05, 3.63) is 48.2 Å². The number of benzene rings is 1. The molecule has 0 bridgehead atoms. The molecule has 1 aliphatic rings. The average molecular weight is 218 g/mol. The van der Waals surface area contributed by atoms with E-state index in [0.29, 0.717) is 0 Å². The predicted molar refractivity (Wildman–Crippen MR) is 59.9 cm³/mol. The summed E-state index contributed by atoms with van der Waals surface area (Å²) in [6.07, 6.45) is 1.05. The fraction of sp³-hybridized carbons (Fsp3) is 0.308. The summed E-state index contributed by atoms with van der Waals surface area (Å²) in [6, 6.07) is 9.71. The van der Waals surface area contributed by atoms with Gasteiger partial charge in [-0.1, -0.05) is 37.3 Å². The second kappa shape index (κ2) is 4.49.